The summed E-state index contributed by atoms with van der Waals surface area (Å²) in [4.78, 5) is 28.9. The Morgan fingerprint density at radius 1 is 0.976 bits per heavy atom. The quantitative estimate of drug-likeness (QED) is 0.297. The number of sulfonamides is 1. The fourth-order valence-corrected chi connectivity index (χ4v) is 6.78. The van der Waals surface area contributed by atoms with Gasteiger partial charge in [-0.2, -0.15) is 0 Å². The molecule has 1 N–H and O–H groups in total. The molecule has 1 atom stereocenters. The van der Waals surface area contributed by atoms with Gasteiger partial charge in [-0.15, -0.1) is 0 Å². The van der Waals surface area contributed by atoms with Gasteiger partial charge < -0.3 is 10.2 Å². The van der Waals surface area contributed by atoms with E-state index in [1.54, 1.807) is 50.2 Å². The van der Waals surface area contributed by atoms with E-state index in [2.05, 4.69) is 5.32 Å². The van der Waals surface area contributed by atoms with Crippen LogP contribution >= 0.6 is 11.6 Å². The lowest BCUT2D eigenvalue weighted by molar-refractivity contribution is -0.139. The summed E-state index contributed by atoms with van der Waals surface area (Å²) in [6, 6.07) is 16.0. The average molecular weight is 614 g/mol. The molecular formula is C32H37ClFN3O4S. The monoisotopic (exact) mass is 613 g/mol. The number of hydrogen-bond acceptors (Lipinski definition) is 4. The Labute approximate surface area is 252 Å². The molecule has 0 spiro atoms. The molecule has 1 aliphatic carbocycles. The molecule has 0 saturated heterocycles. The van der Waals surface area contributed by atoms with Crippen molar-refractivity contribution < 1.29 is 22.4 Å². The predicted molar refractivity (Wildman–Crippen MR) is 163 cm³/mol. The maximum atomic E-state index is 14.1. The Balaban J connectivity index is 1.70. The molecule has 4 rings (SSSR count). The van der Waals surface area contributed by atoms with E-state index in [0.717, 1.165) is 42.0 Å². The van der Waals surface area contributed by atoms with Gasteiger partial charge in [-0.1, -0.05) is 66.8 Å². The van der Waals surface area contributed by atoms with Gasteiger partial charge in [-0.25, -0.2) is 12.8 Å². The lowest BCUT2D eigenvalue weighted by Crippen LogP contribution is -2.53. The average Bonchev–Trinajstić information content (AvgIpc) is 2.97. The Bertz CT molecular complexity index is 1510. The first-order valence-electron chi connectivity index (χ1n) is 14.2. The van der Waals surface area contributed by atoms with Gasteiger partial charge in [0.2, 0.25) is 11.8 Å². The number of nitrogens with one attached hydrogen (secondary N) is 1. The first-order chi connectivity index (χ1) is 20.0. The number of hydrogen-bond donors (Lipinski definition) is 1. The fourth-order valence-electron chi connectivity index (χ4n) is 5.14. The normalized spacial score (nSPS) is 14.7. The molecule has 3 aromatic rings. The van der Waals surface area contributed by atoms with Gasteiger partial charge in [0.15, 0.2) is 0 Å². The second kappa shape index (κ2) is 13.7. The standard InChI is InChI=1S/C32H37ClFN3O4S/c1-22-9-17-29(18-10-22)42(40,41)37(30-19-26(33)14-11-23(30)2)21-31(38)36(20-25-12-15-27(34)16-13-25)24(3)32(39)35-28-7-5-4-6-8-28/h9-19,24,28H,4-8,20-21H2,1-3H3,(H,35,39)/t24-/m1/s1. The van der Waals surface area contributed by atoms with Gasteiger partial charge in [-0.05, 0) is 81.1 Å². The van der Waals surface area contributed by atoms with Crippen LogP contribution in [-0.2, 0) is 26.2 Å². The minimum absolute atomic E-state index is 0.00862. The molecule has 2 amide bonds. The minimum Gasteiger partial charge on any atom is -0.352 e. The number of anilines is 1. The highest BCUT2D eigenvalue weighted by atomic mass is 35.5. The second-order valence-electron chi connectivity index (χ2n) is 10.9. The number of aryl methyl sites for hydroxylation is 2. The van der Waals surface area contributed by atoms with E-state index < -0.39 is 34.3 Å². The smallest absolute Gasteiger partial charge is 0.264 e. The topological polar surface area (TPSA) is 86.8 Å². The number of amides is 2. The van der Waals surface area contributed by atoms with Crippen molar-refractivity contribution in [1.29, 1.82) is 0 Å². The predicted octanol–water partition coefficient (Wildman–Crippen LogP) is 6.16. The van der Waals surface area contributed by atoms with Gasteiger partial charge in [0.1, 0.15) is 18.4 Å². The van der Waals surface area contributed by atoms with Crippen LogP contribution in [0.3, 0.4) is 0 Å². The Morgan fingerprint density at radius 2 is 1.62 bits per heavy atom. The van der Waals surface area contributed by atoms with Crippen LogP contribution in [0.5, 0.6) is 0 Å². The molecule has 0 aliphatic heterocycles. The SMILES string of the molecule is Cc1ccc(S(=O)(=O)N(CC(=O)N(Cc2ccc(F)cc2)[C@H](C)C(=O)NC2CCCCC2)c2cc(Cl)ccc2C)cc1. The molecule has 0 heterocycles. The van der Waals surface area contributed by atoms with Gasteiger partial charge in [0.25, 0.3) is 10.0 Å². The summed E-state index contributed by atoms with van der Waals surface area (Å²) in [5, 5.41) is 3.39. The summed E-state index contributed by atoms with van der Waals surface area (Å²) in [6.45, 7) is 4.64. The molecule has 3 aromatic carbocycles. The molecule has 224 valence electrons. The zero-order chi connectivity index (χ0) is 30.4. The second-order valence-corrected chi connectivity index (χ2v) is 13.2. The van der Waals surface area contributed by atoms with Crippen molar-refractivity contribution in [3.05, 3.63) is 94.3 Å². The third-order valence-corrected chi connectivity index (χ3v) is 9.72. The van der Waals surface area contributed by atoms with Crippen molar-refractivity contribution in [2.45, 2.75) is 76.4 Å². The third-order valence-electron chi connectivity index (χ3n) is 7.71. The van der Waals surface area contributed by atoms with Crippen LogP contribution in [-0.4, -0.2) is 43.8 Å². The van der Waals surface area contributed by atoms with Crippen LogP contribution in [0.25, 0.3) is 0 Å². The van der Waals surface area contributed by atoms with E-state index in [1.165, 1.54) is 35.2 Å². The highest BCUT2D eigenvalue weighted by Gasteiger charge is 2.34. The fraction of sp³-hybridized carbons (Fsp3) is 0.375. The molecule has 42 heavy (non-hydrogen) atoms. The first-order valence-corrected chi connectivity index (χ1v) is 16.0. The number of benzene rings is 3. The van der Waals surface area contributed by atoms with E-state index in [1.807, 2.05) is 6.92 Å². The highest BCUT2D eigenvalue weighted by molar-refractivity contribution is 7.92. The van der Waals surface area contributed by atoms with Crippen LogP contribution in [0.2, 0.25) is 5.02 Å². The van der Waals surface area contributed by atoms with Crippen LogP contribution in [0.4, 0.5) is 10.1 Å². The molecule has 7 nitrogen and oxygen atoms in total. The van der Waals surface area contributed by atoms with E-state index in [0.29, 0.717) is 16.1 Å². The summed E-state index contributed by atoms with van der Waals surface area (Å²) in [6.07, 6.45) is 4.94. The minimum atomic E-state index is -4.21. The van der Waals surface area contributed by atoms with Crippen LogP contribution in [0.1, 0.15) is 55.7 Å². The number of nitrogens with zero attached hydrogens (tertiary/aromatic N) is 2. The lowest BCUT2D eigenvalue weighted by Gasteiger charge is -2.33. The number of carbonyl (C=O) groups is 2. The van der Waals surface area contributed by atoms with Crippen molar-refractivity contribution in [1.82, 2.24) is 10.2 Å². The molecule has 0 unspecified atom stereocenters. The van der Waals surface area contributed by atoms with Crippen molar-refractivity contribution in [2.75, 3.05) is 10.8 Å². The zero-order valence-corrected chi connectivity index (χ0v) is 25.7. The van der Waals surface area contributed by atoms with E-state index >= 15 is 0 Å². The molecule has 1 saturated carbocycles. The van der Waals surface area contributed by atoms with E-state index in [-0.39, 0.29) is 29.1 Å². The summed E-state index contributed by atoms with van der Waals surface area (Å²) in [7, 11) is -4.21. The molecule has 0 radical (unpaired) electrons. The van der Waals surface area contributed by atoms with Crippen LogP contribution in [0, 0.1) is 19.7 Å². The summed E-state index contributed by atoms with van der Waals surface area (Å²) >= 11 is 6.28. The van der Waals surface area contributed by atoms with Crippen LogP contribution in [0.15, 0.2) is 71.6 Å². The van der Waals surface area contributed by atoms with E-state index in [9.17, 15) is 22.4 Å². The highest BCUT2D eigenvalue weighted by Crippen LogP contribution is 2.30. The van der Waals surface area contributed by atoms with Crippen molar-refractivity contribution in [2.24, 2.45) is 0 Å². The maximum Gasteiger partial charge on any atom is 0.264 e. The molecule has 1 fully saturated rings. The summed E-state index contributed by atoms with van der Waals surface area (Å²) in [5.74, 6) is -1.32. The van der Waals surface area contributed by atoms with Gasteiger partial charge >= 0.3 is 0 Å². The van der Waals surface area contributed by atoms with E-state index in [4.69, 9.17) is 11.6 Å². The van der Waals surface area contributed by atoms with Crippen molar-refractivity contribution >= 4 is 39.1 Å². The number of rotatable bonds is 10. The summed E-state index contributed by atoms with van der Waals surface area (Å²) in [5.41, 5.74) is 2.36. The molecule has 10 heteroatoms. The zero-order valence-electron chi connectivity index (χ0n) is 24.1. The Hall–Kier alpha value is -3.43. The molecule has 0 bridgehead atoms. The summed E-state index contributed by atoms with van der Waals surface area (Å²) < 4.78 is 42.7. The van der Waals surface area contributed by atoms with Gasteiger partial charge in [-0.3, -0.25) is 13.9 Å². The number of halogens is 2. The molecule has 1 aliphatic rings. The third kappa shape index (κ3) is 7.69. The van der Waals surface area contributed by atoms with Crippen molar-refractivity contribution in [3.8, 4) is 0 Å². The Kier molecular flexibility index (Phi) is 10.3. The largest absolute Gasteiger partial charge is 0.352 e. The van der Waals surface area contributed by atoms with Gasteiger partial charge in [0.05, 0.1) is 10.6 Å². The molecule has 0 aromatic heterocycles. The number of carbonyl (C=O) groups excluding carboxylic acids is 2. The van der Waals surface area contributed by atoms with Gasteiger partial charge in [0, 0.05) is 17.6 Å². The van der Waals surface area contributed by atoms with Crippen molar-refractivity contribution in [3.63, 3.8) is 0 Å². The first kappa shape index (κ1) is 31.5. The molecular weight excluding hydrogens is 577 g/mol. The van der Waals surface area contributed by atoms with Crippen LogP contribution < -0.4 is 9.62 Å². The maximum absolute atomic E-state index is 14.1. The lowest BCUT2D eigenvalue weighted by atomic mass is 9.95. The Morgan fingerprint density at radius 3 is 2.26 bits per heavy atom.